The summed E-state index contributed by atoms with van der Waals surface area (Å²) in [6, 6.07) is 0. The predicted octanol–water partition coefficient (Wildman–Crippen LogP) is 4.48. The van der Waals surface area contributed by atoms with Gasteiger partial charge in [-0.2, -0.15) is 0 Å². The summed E-state index contributed by atoms with van der Waals surface area (Å²) < 4.78 is 12.9. The van der Waals surface area contributed by atoms with E-state index in [1.807, 2.05) is 13.8 Å². The lowest BCUT2D eigenvalue weighted by Gasteiger charge is -2.61. The van der Waals surface area contributed by atoms with E-state index in [4.69, 9.17) is 9.47 Å². The highest BCUT2D eigenvalue weighted by Crippen LogP contribution is 2.71. The van der Waals surface area contributed by atoms with Crippen LogP contribution in [0.2, 0.25) is 0 Å². The smallest absolute Gasteiger partial charge is 0.164 e. The third-order valence-corrected chi connectivity index (χ3v) is 10.2. The minimum atomic E-state index is -0.771. The summed E-state index contributed by atoms with van der Waals surface area (Å²) in [5, 5.41) is 10.2. The molecule has 1 saturated heterocycles. The number of aliphatic hydroxyl groups is 1. The molecule has 4 saturated carbocycles. The number of hydrogen-bond acceptors (Lipinski definition) is 4. The highest BCUT2D eigenvalue weighted by molar-refractivity contribution is 5.88. The topological polar surface area (TPSA) is 55.8 Å². The highest BCUT2D eigenvalue weighted by Gasteiger charge is 2.75. The van der Waals surface area contributed by atoms with Crippen molar-refractivity contribution in [2.24, 2.45) is 34.5 Å². The van der Waals surface area contributed by atoms with E-state index >= 15 is 0 Å². The zero-order chi connectivity index (χ0) is 20.1. The van der Waals surface area contributed by atoms with Gasteiger partial charge in [0.2, 0.25) is 0 Å². The summed E-state index contributed by atoms with van der Waals surface area (Å²) in [6.45, 7) is 10.5. The lowest BCUT2D eigenvalue weighted by Crippen LogP contribution is -2.60. The van der Waals surface area contributed by atoms with Crippen LogP contribution in [0.15, 0.2) is 0 Å². The van der Waals surface area contributed by atoms with E-state index in [-0.39, 0.29) is 23.4 Å². The van der Waals surface area contributed by atoms with E-state index in [0.717, 1.165) is 32.1 Å². The van der Waals surface area contributed by atoms with E-state index in [9.17, 15) is 9.90 Å². The Morgan fingerprint density at radius 2 is 1.71 bits per heavy atom. The van der Waals surface area contributed by atoms with Crippen molar-refractivity contribution in [3.8, 4) is 0 Å². The summed E-state index contributed by atoms with van der Waals surface area (Å²) in [5.41, 5.74) is -0.548. The molecule has 4 nitrogen and oxygen atoms in total. The van der Waals surface area contributed by atoms with Crippen LogP contribution >= 0.6 is 0 Å². The maximum Gasteiger partial charge on any atom is 0.164 e. The molecule has 0 aromatic rings. The van der Waals surface area contributed by atoms with E-state index in [2.05, 4.69) is 13.8 Å². The molecule has 0 amide bonds. The van der Waals surface area contributed by atoms with Crippen LogP contribution in [0.4, 0.5) is 0 Å². The van der Waals surface area contributed by atoms with Gasteiger partial charge in [0.15, 0.2) is 17.2 Å². The van der Waals surface area contributed by atoms with Crippen LogP contribution in [-0.4, -0.2) is 34.5 Å². The summed E-state index contributed by atoms with van der Waals surface area (Å²) >= 11 is 0. The normalized spacial score (nSPS) is 57.1. The molecule has 1 N–H and O–H groups in total. The standard InChI is InChI=1S/C24H38O4/c1-14(25)24-20(27-21(2,3)28-24)13-19-17-7-6-15-12-16(26)8-10-22(15,4)18(17)9-11-23(19,24)5/h15-20,26H,6-13H2,1-5H3/t15-,16-,17-,18+,19+,20-,22-,23+,24-/m0/s1. The van der Waals surface area contributed by atoms with Crippen LogP contribution in [0.3, 0.4) is 0 Å². The number of rotatable bonds is 1. The Morgan fingerprint density at radius 1 is 0.964 bits per heavy atom. The third kappa shape index (κ3) is 2.26. The molecule has 5 aliphatic rings. The van der Waals surface area contributed by atoms with Gasteiger partial charge in [0.1, 0.15) is 0 Å². The second kappa shape index (κ2) is 5.82. The van der Waals surface area contributed by atoms with Crippen molar-refractivity contribution in [2.75, 3.05) is 0 Å². The second-order valence-electron chi connectivity index (χ2n) is 11.7. The molecule has 0 aromatic heterocycles. The number of hydrogen-bond donors (Lipinski definition) is 1. The lowest BCUT2D eigenvalue weighted by atomic mass is 9.44. The van der Waals surface area contributed by atoms with Gasteiger partial charge < -0.3 is 14.6 Å². The number of Topliss-reactive ketones (excluding diaryl/α,β-unsaturated/α-hetero) is 1. The molecule has 0 unspecified atom stereocenters. The van der Waals surface area contributed by atoms with Crippen molar-refractivity contribution in [1.82, 2.24) is 0 Å². The summed E-state index contributed by atoms with van der Waals surface area (Å²) in [6.07, 6.45) is 8.57. The summed E-state index contributed by atoms with van der Waals surface area (Å²) in [5.74, 6) is 2.02. The van der Waals surface area contributed by atoms with Crippen molar-refractivity contribution in [3.05, 3.63) is 0 Å². The number of carbonyl (C=O) groups excluding carboxylic acids is 1. The maximum atomic E-state index is 13.1. The van der Waals surface area contributed by atoms with Crippen molar-refractivity contribution in [1.29, 1.82) is 0 Å². The average Bonchev–Trinajstić information content (AvgIpc) is 3.02. The molecule has 5 fully saturated rings. The molecule has 9 atom stereocenters. The minimum absolute atomic E-state index is 0.0978. The van der Waals surface area contributed by atoms with Crippen LogP contribution < -0.4 is 0 Å². The second-order valence-corrected chi connectivity index (χ2v) is 11.7. The van der Waals surface area contributed by atoms with Crippen molar-refractivity contribution >= 4 is 5.78 Å². The summed E-state index contributed by atoms with van der Waals surface area (Å²) in [7, 11) is 0. The van der Waals surface area contributed by atoms with Crippen LogP contribution in [0, 0.1) is 34.5 Å². The molecule has 28 heavy (non-hydrogen) atoms. The van der Waals surface area contributed by atoms with Crippen LogP contribution in [0.5, 0.6) is 0 Å². The first kappa shape index (κ1) is 19.5. The van der Waals surface area contributed by atoms with Gasteiger partial charge >= 0.3 is 0 Å². The summed E-state index contributed by atoms with van der Waals surface area (Å²) in [4.78, 5) is 13.1. The number of aliphatic hydroxyl groups excluding tert-OH is 1. The fraction of sp³-hybridized carbons (Fsp3) is 0.958. The van der Waals surface area contributed by atoms with Crippen molar-refractivity contribution in [2.45, 2.75) is 110 Å². The Morgan fingerprint density at radius 3 is 2.43 bits per heavy atom. The van der Waals surface area contributed by atoms with Gasteiger partial charge in [-0.05, 0) is 101 Å². The lowest BCUT2D eigenvalue weighted by molar-refractivity contribution is -0.219. The molecular formula is C24H38O4. The van der Waals surface area contributed by atoms with E-state index in [1.165, 1.54) is 19.3 Å². The maximum absolute atomic E-state index is 13.1. The molecule has 0 spiro atoms. The largest absolute Gasteiger partial charge is 0.393 e. The van der Waals surface area contributed by atoms with Gasteiger partial charge in [0.25, 0.3) is 0 Å². The third-order valence-electron chi connectivity index (χ3n) is 10.2. The van der Waals surface area contributed by atoms with Gasteiger partial charge in [-0.1, -0.05) is 13.8 Å². The van der Waals surface area contributed by atoms with E-state index < -0.39 is 11.4 Å². The predicted molar refractivity (Wildman–Crippen MR) is 107 cm³/mol. The highest BCUT2D eigenvalue weighted by atomic mass is 16.8. The first-order chi connectivity index (χ1) is 13.0. The number of ketones is 1. The van der Waals surface area contributed by atoms with Gasteiger partial charge in [0, 0.05) is 5.41 Å². The van der Waals surface area contributed by atoms with Gasteiger partial charge in [-0.15, -0.1) is 0 Å². The average molecular weight is 391 g/mol. The molecule has 1 heterocycles. The van der Waals surface area contributed by atoms with Crippen LogP contribution in [-0.2, 0) is 14.3 Å². The number of ether oxygens (including phenoxy) is 2. The number of carbonyl (C=O) groups is 1. The first-order valence-electron chi connectivity index (χ1n) is 11.6. The quantitative estimate of drug-likeness (QED) is 0.717. The fourth-order valence-electron chi connectivity index (χ4n) is 8.98. The van der Waals surface area contributed by atoms with Crippen molar-refractivity contribution in [3.63, 3.8) is 0 Å². The molecule has 0 radical (unpaired) electrons. The van der Waals surface area contributed by atoms with Gasteiger partial charge in [-0.3, -0.25) is 4.79 Å². The molecule has 0 bridgehead atoms. The Labute approximate surface area is 169 Å². The molecule has 158 valence electrons. The van der Waals surface area contributed by atoms with Crippen LogP contribution in [0.25, 0.3) is 0 Å². The van der Waals surface area contributed by atoms with Crippen LogP contribution in [0.1, 0.15) is 86.0 Å². The van der Waals surface area contributed by atoms with E-state index in [1.54, 1.807) is 6.92 Å². The molecule has 5 rings (SSSR count). The SMILES string of the molecule is CC(=O)[C@]12OC(C)(C)O[C@H]1C[C@@H]1[C@H]3CC[C@H]4C[C@@H](O)CC[C@]4(C)[C@@H]3CC[C@]12C. The first-order valence-corrected chi connectivity index (χ1v) is 11.6. The Hall–Kier alpha value is -0.450. The Balaban J connectivity index is 1.50. The Kier molecular flexibility index (Phi) is 4.06. The molecule has 1 aliphatic heterocycles. The zero-order valence-corrected chi connectivity index (χ0v) is 18.3. The van der Waals surface area contributed by atoms with E-state index in [0.29, 0.717) is 29.1 Å². The molecule has 4 heteroatoms. The van der Waals surface area contributed by atoms with Gasteiger partial charge in [-0.25, -0.2) is 0 Å². The molecule has 4 aliphatic carbocycles. The monoisotopic (exact) mass is 390 g/mol. The molecular weight excluding hydrogens is 352 g/mol. The number of fused-ring (bicyclic) bond motifs is 7. The fourth-order valence-corrected chi connectivity index (χ4v) is 8.98. The minimum Gasteiger partial charge on any atom is -0.393 e. The zero-order valence-electron chi connectivity index (χ0n) is 18.3. The Bertz CT molecular complexity index is 688. The molecule has 0 aromatic carbocycles. The van der Waals surface area contributed by atoms with Crippen molar-refractivity contribution < 1.29 is 19.4 Å². The van der Waals surface area contributed by atoms with Gasteiger partial charge in [0.05, 0.1) is 12.2 Å².